The van der Waals surface area contributed by atoms with E-state index in [9.17, 15) is 4.79 Å². The number of piperidine rings is 1. The molecule has 2 aromatic carbocycles. The second kappa shape index (κ2) is 7.94. The predicted octanol–water partition coefficient (Wildman–Crippen LogP) is 3.48. The molecule has 0 radical (unpaired) electrons. The number of carbonyl (C=O) groups is 1. The van der Waals surface area contributed by atoms with Gasteiger partial charge in [-0.1, -0.05) is 30.3 Å². The maximum atomic E-state index is 12.7. The van der Waals surface area contributed by atoms with Crippen LogP contribution in [-0.2, 0) is 4.79 Å². The lowest BCUT2D eigenvalue weighted by Gasteiger charge is -2.31. The zero-order chi connectivity index (χ0) is 18.6. The molecule has 2 heterocycles. The van der Waals surface area contributed by atoms with E-state index in [-0.39, 0.29) is 18.4 Å². The van der Waals surface area contributed by atoms with Gasteiger partial charge < -0.3 is 20.3 Å². The topological polar surface area (TPSA) is 68.4 Å². The van der Waals surface area contributed by atoms with E-state index in [2.05, 4.69) is 33.4 Å². The zero-order valence-electron chi connectivity index (χ0n) is 15.3. The minimum absolute atomic E-state index is 0.0259. The third-order valence-electron chi connectivity index (χ3n) is 5.26. The van der Waals surface area contributed by atoms with Gasteiger partial charge in [0.1, 0.15) is 0 Å². The number of nitrogens with zero attached hydrogens (tertiary/aromatic N) is 1. The molecule has 27 heavy (non-hydrogen) atoms. The van der Waals surface area contributed by atoms with Crippen LogP contribution in [0.25, 0.3) is 22.2 Å². The number of para-hydroxylation sites is 1. The first-order chi connectivity index (χ1) is 13.2. The Bertz CT molecular complexity index is 899. The smallest absolute Gasteiger partial charge is 0.228 e. The first-order valence-electron chi connectivity index (χ1n) is 9.55. The van der Waals surface area contributed by atoms with Gasteiger partial charge in [-0.2, -0.15) is 0 Å². The number of amides is 1. The highest BCUT2D eigenvalue weighted by molar-refractivity contribution is 5.94. The Morgan fingerprint density at radius 2 is 2.07 bits per heavy atom. The van der Waals surface area contributed by atoms with Crippen molar-refractivity contribution in [1.82, 2.24) is 9.88 Å². The molecule has 1 atom stereocenters. The van der Waals surface area contributed by atoms with Gasteiger partial charge in [-0.15, -0.1) is 0 Å². The molecule has 1 aliphatic heterocycles. The molecular formula is C22H25N3O2. The van der Waals surface area contributed by atoms with Gasteiger partial charge >= 0.3 is 0 Å². The molecule has 0 bridgehead atoms. The molecule has 5 heteroatoms. The minimum Gasteiger partial charge on any atom is -0.395 e. The van der Waals surface area contributed by atoms with E-state index < -0.39 is 0 Å². The van der Waals surface area contributed by atoms with Crippen LogP contribution in [0.2, 0.25) is 0 Å². The quantitative estimate of drug-likeness (QED) is 0.650. The van der Waals surface area contributed by atoms with E-state index in [0.717, 1.165) is 41.8 Å². The molecule has 140 valence electrons. The number of aliphatic hydroxyl groups is 1. The number of fused-ring (bicyclic) bond motifs is 1. The number of rotatable bonds is 5. The SMILES string of the molecule is O=C(Nc1cccc(-c2cc3ccccc3[nH]2)c1)[C@@H]1CCCN(CCO)C1. The van der Waals surface area contributed by atoms with Crippen LogP contribution in [0.15, 0.2) is 54.6 Å². The number of likely N-dealkylation sites (tertiary alicyclic amines) is 1. The van der Waals surface area contributed by atoms with Crippen molar-refractivity contribution in [2.75, 3.05) is 31.6 Å². The monoisotopic (exact) mass is 363 g/mol. The average Bonchev–Trinajstić information content (AvgIpc) is 3.13. The Balaban J connectivity index is 1.48. The average molecular weight is 363 g/mol. The fourth-order valence-electron chi connectivity index (χ4n) is 3.85. The lowest BCUT2D eigenvalue weighted by atomic mass is 9.97. The fourth-order valence-corrected chi connectivity index (χ4v) is 3.85. The van der Waals surface area contributed by atoms with Gasteiger partial charge in [-0.3, -0.25) is 4.79 Å². The first-order valence-corrected chi connectivity index (χ1v) is 9.55. The van der Waals surface area contributed by atoms with Gasteiger partial charge in [0.2, 0.25) is 5.91 Å². The summed E-state index contributed by atoms with van der Waals surface area (Å²) in [6.45, 7) is 2.45. The summed E-state index contributed by atoms with van der Waals surface area (Å²) in [6.07, 6.45) is 1.89. The Hall–Kier alpha value is -2.63. The number of carbonyl (C=O) groups excluding carboxylic acids is 1. The summed E-state index contributed by atoms with van der Waals surface area (Å²) in [6, 6.07) is 18.3. The van der Waals surface area contributed by atoms with E-state index in [1.54, 1.807) is 0 Å². The Kier molecular flexibility index (Phi) is 5.23. The standard InChI is InChI=1S/C22H25N3O2/c26-12-11-25-10-4-7-18(15-25)22(27)23-19-8-3-6-16(13-19)21-14-17-5-1-2-9-20(17)24-21/h1-3,5-6,8-9,13-14,18,24,26H,4,7,10-12,15H2,(H,23,27)/t18-/m1/s1. The van der Waals surface area contributed by atoms with Crippen LogP contribution in [0.3, 0.4) is 0 Å². The highest BCUT2D eigenvalue weighted by Crippen LogP contribution is 2.26. The molecule has 4 rings (SSSR count). The molecule has 0 aliphatic carbocycles. The number of hydrogen-bond donors (Lipinski definition) is 3. The zero-order valence-corrected chi connectivity index (χ0v) is 15.3. The summed E-state index contributed by atoms with van der Waals surface area (Å²) in [7, 11) is 0. The normalized spacial score (nSPS) is 17.9. The van der Waals surface area contributed by atoms with E-state index in [4.69, 9.17) is 5.11 Å². The molecule has 3 N–H and O–H groups in total. The van der Waals surface area contributed by atoms with Gasteiger partial charge in [-0.05, 0) is 43.7 Å². The highest BCUT2D eigenvalue weighted by atomic mass is 16.3. The van der Waals surface area contributed by atoms with Gasteiger partial charge in [-0.25, -0.2) is 0 Å². The Morgan fingerprint density at radius 1 is 1.19 bits per heavy atom. The van der Waals surface area contributed by atoms with Crippen LogP contribution in [0, 0.1) is 5.92 Å². The molecule has 0 saturated carbocycles. The maximum Gasteiger partial charge on any atom is 0.228 e. The second-order valence-corrected chi connectivity index (χ2v) is 7.20. The van der Waals surface area contributed by atoms with E-state index in [0.29, 0.717) is 13.1 Å². The van der Waals surface area contributed by atoms with Gasteiger partial charge in [0.05, 0.1) is 12.5 Å². The lowest BCUT2D eigenvalue weighted by molar-refractivity contribution is -0.121. The molecule has 3 aromatic rings. The highest BCUT2D eigenvalue weighted by Gasteiger charge is 2.25. The van der Waals surface area contributed by atoms with Crippen molar-refractivity contribution in [3.63, 3.8) is 0 Å². The van der Waals surface area contributed by atoms with Crippen molar-refractivity contribution in [3.05, 3.63) is 54.6 Å². The summed E-state index contributed by atoms with van der Waals surface area (Å²) in [5, 5.41) is 13.4. The number of hydrogen-bond acceptors (Lipinski definition) is 3. The van der Waals surface area contributed by atoms with Crippen molar-refractivity contribution < 1.29 is 9.90 Å². The van der Waals surface area contributed by atoms with Gasteiger partial charge in [0.15, 0.2) is 0 Å². The number of anilines is 1. The summed E-state index contributed by atoms with van der Waals surface area (Å²) < 4.78 is 0. The summed E-state index contributed by atoms with van der Waals surface area (Å²) in [5.41, 5.74) is 4.01. The number of H-pyrrole nitrogens is 1. The number of nitrogens with one attached hydrogen (secondary N) is 2. The number of aliphatic hydroxyl groups excluding tert-OH is 1. The number of β-amino-alcohol motifs (C(OH)–C–C–N with tert-alkyl or cyclic N) is 1. The van der Waals surface area contributed by atoms with Crippen LogP contribution in [0.4, 0.5) is 5.69 Å². The third-order valence-corrected chi connectivity index (χ3v) is 5.26. The van der Waals surface area contributed by atoms with E-state index in [1.807, 2.05) is 36.4 Å². The van der Waals surface area contributed by atoms with Crippen LogP contribution in [0.1, 0.15) is 12.8 Å². The van der Waals surface area contributed by atoms with Crippen molar-refractivity contribution in [2.24, 2.45) is 5.92 Å². The van der Waals surface area contributed by atoms with Crippen molar-refractivity contribution in [3.8, 4) is 11.3 Å². The number of aromatic amines is 1. The van der Waals surface area contributed by atoms with Crippen molar-refractivity contribution in [2.45, 2.75) is 12.8 Å². The van der Waals surface area contributed by atoms with Crippen LogP contribution in [0.5, 0.6) is 0 Å². The predicted molar refractivity (Wildman–Crippen MR) is 109 cm³/mol. The summed E-state index contributed by atoms with van der Waals surface area (Å²) in [4.78, 5) is 18.3. The summed E-state index contributed by atoms with van der Waals surface area (Å²) in [5.74, 6) is 0.0356. The molecule has 0 spiro atoms. The lowest BCUT2D eigenvalue weighted by Crippen LogP contribution is -2.41. The van der Waals surface area contributed by atoms with Crippen LogP contribution < -0.4 is 5.32 Å². The van der Waals surface area contributed by atoms with Gasteiger partial charge in [0, 0.05) is 40.9 Å². The molecular weight excluding hydrogens is 338 g/mol. The third kappa shape index (κ3) is 4.04. The minimum atomic E-state index is -0.0259. The van der Waals surface area contributed by atoms with Crippen LogP contribution >= 0.6 is 0 Å². The Labute approximate surface area is 159 Å². The molecule has 5 nitrogen and oxygen atoms in total. The maximum absolute atomic E-state index is 12.7. The molecule has 1 amide bonds. The van der Waals surface area contributed by atoms with E-state index in [1.165, 1.54) is 5.39 Å². The largest absolute Gasteiger partial charge is 0.395 e. The van der Waals surface area contributed by atoms with Gasteiger partial charge in [0.25, 0.3) is 0 Å². The number of benzene rings is 2. The second-order valence-electron chi connectivity index (χ2n) is 7.20. The first kappa shape index (κ1) is 17.8. The molecule has 1 aromatic heterocycles. The van der Waals surface area contributed by atoms with E-state index >= 15 is 0 Å². The van der Waals surface area contributed by atoms with Crippen molar-refractivity contribution in [1.29, 1.82) is 0 Å². The molecule has 0 unspecified atom stereocenters. The van der Waals surface area contributed by atoms with Crippen molar-refractivity contribution >= 4 is 22.5 Å². The molecule has 1 saturated heterocycles. The fraction of sp³-hybridized carbons (Fsp3) is 0.318. The van der Waals surface area contributed by atoms with Crippen LogP contribution in [-0.4, -0.2) is 47.1 Å². The molecule has 1 aliphatic rings. The number of aromatic nitrogens is 1. The summed E-state index contributed by atoms with van der Waals surface area (Å²) >= 11 is 0. The molecule has 1 fully saturated rings. The Morgan fingerprint density at radius 3 is 2.93 bits per heavy atom.